The number of hydrogen-bond acceptors (Lipinski definition) is 4. The van der Waals surface area contributed by atoms with Gasteiger partial charge in [0.15, 0.2) is 5.16 Å². The van der Waals surface area contributed by atoms with E-state index in [1.165, 1.54) is 16.3 Å². The molecule has 1 heterocycles. The summed E-state index contributed by atoms with van der Waals surface area (Å²) in [6.07, 6.45) is 0. The number of thioether (sulfide) groups is 1. The molecule has 4 rings (SSSR count). The van der Waals surface area contributed by atoms with E-state index in [0.717, 1.165) is 10.0 Å². The van der Waals surface area contributed by atoms with Crippen LogP contribution in [0.1, 0.15) is 5.56 Å². The molecule has 0 aliphatic rings. The molecule has 0 aliphatic carbocycles. The van der Waals surface area contributed by atoms with E-state index in [9.17, 15) is 9.59 Å². The van der Waals surface area contributed by atoms with Gasteiger partial charge in [0.2, 0.25) is 5.91 Å². The van der Waals surface area contributed by atoms with Crippen LogP contribution in [0.4, 0.5) is 5.69 Å². The molecule has 3 aromatic carbocycles. The molecule has 0 saturated carbocycles. The smallest absolute Gasteiger partial charge is 0.266 e. The Morgan fingerprint density at radius 1 is 1.10 bits per heavy atom. The second-order valence-corrected chi connectivity index (χ2v) is 9.04. The van der Waals surface area contributed by atoms with Crippen molar-refractivity contribution in [2.24, 2.45) is 0 Å². The Morgan fingerprint density at radius 2 is 1.84 bits per heavy atom. The van der Waals surface area contributed by atoms with Crippen LogP contribution in [0.3, 0.4) is 0 Å². The van der Waals surface area contributed by atoms with Crippen molar-refractivity contribution in [3.63, 3.8) is 0 Å². The van der Waals surface area contributed by atoms with Crippen LogP contribution >= 0.6 is 39.3 Å². The number of nitrogens with zero attached hydrogens (tertiary/aromatic N) is 2. The predicted octanol–water partition coefficient (Wildman–Crippen LogP) is 5.84. The summed E-state index contributed by atoms with van der Waals surface area (Å²) < 4.78 is 2.45. The number of carbonyl (C=O) groups excluding carboxylic acids is 1. The number of anilines is 1. The maximum Gasteiger partial charge on any atom is 0.266 e. The van der Waals surface area contributed by atoms with E-state index >= 15 is 0 Å². The fourth-order valence-electron chi connectivity index (χ4n) is 3.09. The van der Waals surface area contributed by atoms with Gasteiger partial charge >= 0.3 is 0 Å². The molecule has 5 nitrogen and oxygen atoms in total. The fourth-order valence-corrected chi connectivity index (χ4v) is 4.34. The first kappa shape index (κ1) is 21.6. The quantitative estimate of drug-likeness (QED) is 0.268. The maximum atomic E-state index is 13.2. The van der Waals surface area contributed by atoms with Gasteiger partial charge < -0.3 is 5.32 Å². The number of halogens is 2. The third kappa shape index (κ3) is 4.69. The summed E-state index contributed by atoms with van der Waals surface area (Å²) in [5, 5.41) is 4.43. The van der Waals surface area contributed by atoms with E-state index in [2.05, 4.69) is 26.2 Å². The number of carbonyl (C=O) groups is 1. The molecule has 0 atom stereocenters. The molecule has 0 fully saturated rings. The zero-order valence-corrected chi connectivity index (χ0v) is 19.6. The first-order chi connectivity index (χ1) is 14.9. The minimum absolute atomic E-state index is 0.0905. The van der Waals surface area contributed by atoms with E-state index in [1.807, 2.05) is 43.3 Å². The van der Waals surface area contributed by atoms with Crippen molar-refractivity contribution in [2.75, 3.05) is 11.1 Å². The van der Waals surface area contributed by atoms with Crippen LogP contribution in [0, 0.1) is 6.92 Å². The summed E-state index contributed by atoms with van der Waals surface area (Å²) in [4.78, 5) is 30.5. The molecule has 0 aliphatic heterocycles. The molecule has 1 N–H and O–H groups in total. The van der Waals surface area contributed by atoms with Gasteiger partial charge in [-0.3, -0.25) is 14.2 Å². The molecule has 31 heavy (non-hydrogen) atoms. The third-order valence-electron chi connectivity index (χ3n) is 4.70. The van der Waals surface area contributed by atoms with E-state index in [0.29, 0.717) is 32.5 Å². The maximum absolute atomic E-state index is 13.2. The summed E-state index contributed by atoms with van der Waals surface area (Å²) in [6, 6.07) is 19.9. The Labute approximate surface area is 196 Å². The Morgan fingerprint density at radius 3 is 2.61 bits per heavy atom. The molecule has 0 unspecified atom stereocenters. The zero-order valence-electron chi connectivity index (χ0n) is 16.4. The highest BCUT2D eigenvalue weighted by Crippen LogP contribution is 2.25. The van der Waals surface area contributed by atoms with Crippen molar-refractivity contribution in [1.82, 2.24) is 9.55 Å². The topological polar surface area (TPSA) is 64.0 Å². The lowest BCUT2D eigenvalue weighted by molar-refractivity contribution is -0.113. The summed E-state index contributed by atoms with van der Waals surface area (Å²) in [5.41, 5.74) is 2.56. The summed E-state index contributed by atoms with van der Waals surface area (Å²) >= 11 is 10.8. The number of nitrogens with one attached hydrogen (secondary N) is 1. The highest BCUT2D eigenvalue weighted by molar-refractivity contribution is 9.10. The summed E-state index contributed by atoms with van der Waals surface area (Å²) in [7, 11) is 0. The Bertz CT molecular complexity index is 1340. The van der Waals surface area contributed by atoms with E-state index in [1.54, 1.807) is 30.3 Å². The number of para-hydroxylation sites is 1. The molecule has 0 bridgehead atoms. The monoisotopic (exact) mass is 513 g/mol. The van der Waals surface area contributed by atoms with Gasteiger partial charge in [0.25, 0.3) is 5.56 Å². The number of fused-ring (bicyclic) bond motifs is 1. The second-order valence-electron chi connectivity index (χ2n) is 6.78. The Kier molecular flexibility index (Phi) is 6.46. The number of rotatable bonds is 5. The molecular formula is C23H17BrClN3O2S. The lowest BCUT2D eigenvalue weighted by Gasteiger charge is -2.14. The van der Waals surface area contributed by atoms with Crippen LogP contribution in [-0.4, -0.2) is 21.2 Å². The number of amides is 1. The van der Waals surface area contributed by atoms with Crippen LogP contribution in [0.15, 0.2) is 81.2 Å². The first-order valence-corrected chi connectivity index (χ1v) is 11.5. The van der Waals surface area contributed by atoms with Gasteiger partial charge in [-0.15, -0.1) is 0 Å². The zero-order chi connectivity index (χ0) is 22.0. The normalized spacial score (nSPS) is 10.9. The van der Waals surface area contributed by atoms with Crippen LogP contribution < -0.4 is 10.9 Å². The average molecular weight is 515 g/mol. The highest BCUT2D eigenvalue weighted by atomic mass is 79.9. The van der Waals surface area contributed by atoms with Crippen molar-refractivity contribution in [3.8, 4) is 5.69 Å². The SMILES string of the molecule is Cc1c(Cl)cccc1NC(=O)CSc1nc2ccccc2c(=O)n1-c1ccc(Br)cc1. The lowest BCUT2D eigenvalue weighted by Crippen LogP contribution is -2.23. The largest absolute Gasteiger partial charge is 0.325 e. The minimum Gasteiger partial charge on any atom is -0.325 e. The predicted molar refractivity (Wildman–Crippen MR) is 131 cm³/mol. The lowest BCUT2D eigenvalue weighted by atomic mass is 10.2. The van der Waals surface area contributed by atoms with Gasteiger partial charge in [-0.2, -0.15) is 0 Å². The van der Waals surface area contributed by atoms with E-state index in [-0.39, 0.29) is 17.2 Å². The van der Waals surface area contributed by atoms with Gasteiger partial charge in [-0.25, -0.2) is 4.98 Å². The number of aromatic nitrogens is 2. The Hall–Kier alpha value is -2.61. The molecule has 0 radical (unpaired) electrons. The summed E-state index contributed by atoms with van der Waals surface area (Å²) in [5.74, 6) is -0.118. The molecule has 1 amide bonds. The molecule has 0 spiro atoms. The van der Waals surface area contributed by atoms with Crippen molar-refractivity contribution in [2.45, 2.75) is 12.1 Å². The van der Waals surface area contributed by atoms with Crippen LogP contribution in [0.25, 0.3) is 16.6 Å². The minimum atomic E-state index is -0.208. The van der Waals surface area contributed by atoms with Gasteiger partial charge in [-0.1, -0.05) is 57.5 Å². The van der Waals surface area contributed by atoms with Crippen LogP contribution in [0.2, 0.25) is 5.02 Å². The molecule has 156 valence electrons. The molecule has 1 aromatic heterocycles. The fraction of sp³-hybridized carbons (Fsp3) is 0.0870. The van der Waals surface area contributed by atoms with Crippen LogP contribution in [-0.2, 0) is 4.79 Å². The van der Waals surface area contributed by atoms with Gasteiger partial charge in [0.1, 0.15) is 0 Å². The highest BCUT2D eigenvalue weighted by Gasteiger charge is 2.15. The van der Waals surface area contributed by atoms with Crippen LogP contribution in [0.5, 0.6) is 0 Å². The van der Waals surface area contributed by atoms with Gasteiger partial charge in [0, 0.05) is 15.2 Å². The second kappa shape index (κ2) is 9.26. The standard InChI is InChI=1S/C23H17BrClN3O2S/c1-14-18(25)6-4-8-19(14)26-21(29)13-31-23-27-20-7-3-2-5-17(20)22(30)28(23)16-11-9-15(24)10-12-16/h2-12H,13H2,1H3,(H,26,29). The molecule has 4 aromatic rings. The van der Waals surface area contributed by atoms with Crippen molar-refractivity contribution in [3.05, 3.63) is 92.1 Å². The van der Waals surface area contributed by atoms with Gasteiger partial charge in [-0.05, 0) is 61.0 Å². The summed E-state index contributed by atoms with van der Waals surface area (Å²) in [6.45, 7) is 1.85. The third-order valence-corrected chi connectivity index (χ3v) is 6.58. The first-order valence-electron chi connectivity index (χ1n) is 9.39. The molecular weight excluding hydrogens is 498 g/mol. The van der Waals surface area contributed by atoms with Crippen molar-refractivity contribution >= 4 is 61.8 Å². The average Bonchev–Trinajstić information content (AvgIpc) is 2.76. The number of benzene rings is 3. The van der Waals surface area contributed by atoms with Crippen molar-refractivity contribution in [1.29, 1.82) is 0 Å². The van der Waals surface area contributed by atoms with E-state index in [4.69, 9.17) is 11.6 Å². The number of hydrogen-bond donors (Lipinski definition) is 1. The van der Waals surface area contributed by atoms with E-state index < -0.39 is 0 Å². The Balaban J connectivity index is 1.67. The molecule has 8 heteroatoms. The van der Waals surface area contributed by atoms with Crippen molar-refractivity contribution < 1.29 is 4.79 Å². The van der Waals surface area contributed by atoms with Gasteiger partial charge in [0.05, 0.1) is 22.3 Å². The molecule has 0 saturated heterocycles.